The Labute approximate surface area is 128 Å². The number of anilines is 1. The topological polar surface area (TPSA) is 69.9 Å². The zero-order valence-corrected chi connectivity index (χ0v) is 12.3. The fourth-order valence-electron chi connectivity index (χ4n) is 2.33. The molecule has 21 heavy (non-hydrogen) atoms. The Morgan fingerprint density at radius 2 is 1.81 bits per heavy atom. The van der Waals surface area contributed by atoms with Crippen LogP contribution in [0.2, 0.25) is 5.02 Å². The molecule has 0 spiro atoms. The first-order chi connectivity index (χ1) is 10.1. The van der Waals surface area contributed by atoms with E-state index < -0.39 is 0 Å². The van der Waals surface area contributed by atoms with Crippen molar-refractivity contribution in [2.45, 2.75) is 6.92 Å². The van der Waals surface area contributed by atoms with E-state index in [0.717, 1.165) is 16.7 Å². The number of hydrogen-bond acceptors (Lipinski definition) is 3. The van der Waals surface area contributed by atoms with E-state index in [1.807, 2.05) is 55.5 Å². The van der Waals surface area contributed by atoms with Gasteiger partial charge in [0.05, 0.1) is 0 Å². The highest BCUT2D eigenvalue weighted by molar-refractivity contribution is 6.30. The summed E-state index contributed by atoms with van der Waals surface area (Å²) in [5.74, 6) is 7.12. The highest BCUT2D eigenvalue weighted by atomic mass is 35.5. The molecule has 3 rings (SSSR count). The summed E-state index contributed by atoms with van der Waals surface area (Å²) in [5.41, 5.74) is 9.65. The summed E-state index contributed by atoms with van der Waals surface area (Å²) in [5, 5.41) is 0.685. The number of aryl methyl sites for hydroxylation is 1. The molecule has 0 saturated heterocycles. The number of imidazole rings is 1. The average molecular weight is 299 g/mol. The zero-order chi connectivity index (χ0) is 15.0. The minimum atomic E-state index is 0.430. The van der Waals surface area contributed by atoms with Crippen molar-refractivity contribution in [3.8, 4) is 22.6 Å². The lowest BCUT2D eigenvalue weighted by Gasteiger charge is -2.04. The van der Waals surface area contributed by atoms with Crippen LogP contribution in [0.15, 0.2) is 48.5 Å². The lowest BCUT2D eigenvalue weighted by Crippen LogP contribution is -2.13. The molecular weight excluding hydrogens is 284 g/mol. The summed E-state index contributed by atoms with van der Waals surface area (Å²) >= 11 is 6.00. The molecule has 1 heterocycles. The molecule has 4 N–H and O–H groups in total. The number of halogens is 1. The standard InChI is InChI=1S/C16H15ClN4/c1-10-9-12(17)7-8-13(10)14-15(18)21(19)16(20-14)11-5-3-2-4-6-11/h2-9H,18-19H2,1H3. The second kappa shape index (κ2) is 5.14. The third-order valence-corrected chi connectivity index (χ3v) is 3.66. The van der Waals surface area contributed by atoms with E-state index in [0.29, 0.717) is 22.4 Å². The van der Waals surface area contributed by atoms with Gasteiger partial charge in [-0.05, 0) is 24.6 Å². The Morgan fingerprint density at radius 3 is 2.48 bits per heavy atom. The van der Waals surface area contributed by atoms with Gasteiger partial charge in [-0.15, -0.1) is 0 Å². The average Bonchev–Trinajstić information content (AvgIpc) is 2.77. The van der Waals surface area contributed by atoms with Crippen molar-refractivity contribution in [2.24, 2.45) is 0 Å². The SMILES string of the molecule is Cc1cc(Cl)ccc1-c1nc(-c2ccccc2)n(N)c1N. The molecule has 106 valence electrons. The van der Waals surface area contributed by atoms with Crippen molar-refractivity contribution < 1.29 is 0 Å². The first kappa shape index (κ1) is 13.5. The van der Waals surface area contributed by atoms with Crippen molar-refractivity contribution in [1.29, 1.82) is 0 Å². The Morgan fingerprint density at radius 1 is 1.10 bits per heavy atom. The maximum atomic E-state index is 6.12. The van der Waals surface area contributed by atoms with E-state index in [-0.39, 0.29) is 0 Å². The van der Waals surface area contributed by atoms with E-state index in [1.54, 1.807) is 0 Å². The molecular formula is C16H15ClN4. The van der Waals surface area contributed by atoms with E-state index in [1.165, 1.54) is 4.68 Å². The van der Waals surface area contributed by atoms with Gasteiger partial charge < -0.3 is 11.6 Å². The first-order valence-corrected chi connectivity index (χ1v) is 6.91. The number of hydrogen-bond donors (Lipinski definition) is 2. The van der Waals surface area contributed by atoms with E-state index in [4.69, 9.17) is 23.2 Å². The minimum absolute atomic E-state index is 0.430. The van der Waals surface area contributed by atoms with E-state index in [9.17, 15) is 0 Å². The fraction of sp³-hybridized carbons (Fsp3) is 0.0625. The number of nitrogens with two attached hydrogens (primary N) is 2. The maximum Gasteiger partial charge on any atom is 0.160 e. The summed E-state index contributed by atoms with van der Waals surface area (Å²) < 4.78 is 1.42. The van der Waals surface area contributed by atoms with Crippen LogP contribution in [0.5, 0.6) is 0 Å². The predicted molar refractivity (Wildman–Crippen MR) is 87.4 cm³/mol. The van der Waals surface area contributed by atoms with Gasteiger partial charge in [-0.25, -0.2) is 9.66 Å². The maximum absolute atomic E-state index is 6.12. The van der Waals surface area contributed by atoms with Crippen LogP contribution in [-0.2, 0) is 0 Å². The van der Waals surface area contributed by atoms with Crippen LogP contribution in [-0.4, -0.2) is 9.66 Å². The molecule has 0 unspecified atom stereocenters. The van der Waals surface area contributed by atoms with Gasteiger partial charge in [-0.1, -0.05) is 48.0 Å². The molecule has 0 aliphatic carbocycles. The van der Waals surface area contributed by atoms with Crippen molar-refractivity contribution in [1.82, 2.24) is 9.66 Å². The number of nitrogen functional groups attached to an aromatic ring is 2. The van der Waals surface area contributed by atoms with Crippen molar-refractivity contribution in [2.75, 3.05) is 11.6 Å². The van der Waals surface area contributed by atoms with E-state index in [2.05, 4.69) is 4.98 Å². The molecule has 0 radical (unpaired) electrons. The van der Waals surface area contributed by atoms with Crippen molar-refractivity contribution in [3.63, 3.8) is 0 Å². The second-order valence-electron chi connectivity index (χ2n) is 4.86. The van der Waals surface area contributed by atoms with Crippen LogP contribution < -0.4 is 11.6 Å². The zero-order valence-electron chi connectivity index (χ0n) is 11.5. The van der Waals surface area contributed by atoms with Crippen LogP contribution in [0, 0.1) is 6.92 Å². The summed E-state index contributed by atoms with van der Waals surface area (Å²) in [7, 11) is 0. The molecule has 5 heteroatoms. The summed E-state index contributed by atoms with van der Waals surface area (Å²) in [6.07, 6.45) is 0. The molecule has 3 aromatic rings. The molecule has 0 saturated carbocycles. The van der Waals surface area contributed by atoms with Gasteiger partial charge in [-0.2, -0.15) is 0 Å². The molecule has 4 nitrogen and oxygen atoms in total. The van der Waals surface area contributed by atoms with Crippen LogP contribution in [0.1, 0.15) is 5.56 Å². The van der Waals surface area contributed by atoms with Crippen LogP contribution >= 0.6 is 11.6 Å². The normalized spacial score (nSPS) is 10.8. The van der Waals surface area contributed by atoms with Gasteiger partial charge in [0, 0.05) is 16.1 Å². The summed E-state index contributed by atoms with van der Waals surface area (Å²) in [6.45, 7) is 1.97. The van der Waals surface area contributed by atoms with Gasteiger partial charge >= 0.3 is 0 Å². The number of aromatic nitrogens is 2. The molecule has 0 bridgehead atoms. The van der Waals surface area contributed by atoms with Gasteiger partial charge in [0.1, 0.15) is 5.69 Å². The lowest BCUT2D eigenvalue weighted by molar-refractivity contribution is 1.02. The third kappa shape index (κ3) is 2.34. The van der Waals surface area contributed by atoms with Gasteiger partial charge in [0.2, 0.25) is 0 Å². The van der Waals surface area contributed by atoms with Gasteiger partial charge in [0.15, 0.2) is 11.6 Å². The van der Waals surface area contributed by atoms with Gasteiger partial charge in [0.25, 0.3) is 0 Å². The largest absolute Gasteiger partial charge is 0.382 e. The van der Waals surface area contributed by atoms with Crippen molar-refractivity contribution >= 4 is 17.4 Å². The van der Waals surface area contributed by atoms with Gasteiger partial charge in [-0.3, -0.25) is 0 Å². The minimum Gasteiger partial charge on any atom is -0.382 e. The first-order valence-electron chi connectivity index (χ1n) is 6.53. The molecule has 0 fully saturated rings. The van der Waals surface area contributed by atoms with Crippen LogP contribution in [0.25, 0.3) is 22.6 Å². The van der Waals surface area contributed by atoms with Crippen LogP contribution in [0.3, 0.4) is 0 Å². The smallest absolute Gasteiger partial charge is 0.160 e. The molecule has 0 atom stereocenters. The molecule has 0 aliphatic heterocycles. The second-order valence-corrected chi connectivity index (χ2v) is 5.30. The third-order valence-electron chi connectivity index (χ3n) is 3.42. The molecule has 0 amide bonds. The van der Waals surface area contributed by atoms with E-state index >= 15 is 0 Å². The number of benzene rings is 2. The molecule has 0 aliphatic rings. The highest BCUT2D eigenvalue weighted by Crippen LogP contribution is 2.32. The molecule has 2 aromatic carbocycles. The highest BCUT2D eigenvalue weighted by Gasteiger charge is 2.17. The predicted octanol–water partition coefficient (Wildman–Crippen LogP) is 3.47. The van der Waals surface area contributed by atoms with Crippen LogP contribution in [0.4, 0.5) is 5.82 Å². The summed E-state index contributed by atoms with van der Waals surface area (Å²) in [6, 6.07) is 15.3. The molecule has 1 aromatic heterocycles. The number of nitrogens with zero attached hydrogens (tertiary/aromatic N) is 2. The lowest BCUT2D eigenvalue weighted by atomic mass is 10.1. The number of rotatable bonds is 2. The Kier molecular flexibility index (Phi) is 3.31. The monoisotopic (exact) mass is 298 g/mol. The Hall–Kier alpha value is -2.46. The van der Waals surface area contributed by atoms with Crippen molar-refractivity contribution in [3.05, 3.63) is 59.1 Å². The summed E-state index contributed by atoms with van der Waals surface area (Å²) in [4.78, 5) is 4.61. The Bertz CT molecular complexity index is 794. The quantitative estimate of drug-likeness (QED) is 0.712. The Balaban J connectivity index is 2.17. The fourth-order valence-corrected chi connectivity index (χ4v) is 2.55.